The number of nitrogens with one attached hydrogen (secondary N) is 1. The van der Waals surface area contributed by atoms with Crippen molar-refractivity contribution >= 4 is 18.3 Å². The van der Waals surface area contributed by atoms with Gasteiger partial charge in [-0.15, -0.1) is 12.4 Å². The normalized spacial score (nSPS) is 21.9. The van der Waals surface area contributed by atoms with Gasteiger partial charge in [-0.2, -0.15) is 0 Å². The Labute approximate surface area is 166 Å². The highest BCUT2D eigenvalue weighted by molar-refractivity contribution is 5.85. The Bertz CT molecular complexity index is 797. The molecule has 1 N–H and O–H groups in total. The van der Waals surface area contributed by atoms with Gasteiger partial charge in [-0.1, -0.05) is 36.4 Å². The number of aryl methyl sites for hydroxylation is 1. The van der Waals surface area contributed by atoms with Crippen LogP contribution in [-0.2, 0) is 17.6 Å². The fourth-order valence-electron chi connectivity index (χ4n) is 4.33. The van der Waals surface area contributed by atoms with Gasteiger partial charge in [0.1, 0.15) is 5.82 Å². The highest BCUT2D eigenvalue weighted by Crippen LogP contribution is 2.30. The van der Waals surface area contributed by atoms with Crippen LogP contribution in [0, 0.1) is 11.7 Å². The molecule has 0 bridgehead atoms. The molecule has 0 spiro atoms. The van der Waals surface area contributed by atoms with Crippen LogP contribution in [0.3, 0.4) is 0 Å². The summed E-state index contributed by atoms with van der Waals surface area (Å²) in [4.78, 5) is 15.0. The van der Waals surface area contributed by atoms with Crippen LogP contribution in [0.15, 0.2) is 48.5 Å². The van der Waals surface area contributed by atoms with E-state index in [0.717, 1.165) is 31.4 Å². The van der Waals surface area contributed by atoms with E-state index >= 15 is 0 Å². The molecule has 0 radical (unpaired) electrons. The largest absolute Gasteiger partial charge is 0.333 e. The van der Waals surface area contributed by atoms with Crippen LogP contribution in [-0.4, -0.2) is 30.4 Å². The van der Waals surface area contributed by atoms with Crippen LogP contribution in [0.5, 0.6) is 0 Å². The number of hydrogen-bond acceptors (Lipinski definition) is 2. The van der Waals surface area contributed by atoms with Gasteiger partial charge in [0.05, 0.1) is 6.04 Å². The third kappa shape index (κ3) is 4.50. The zero-order chi connectivity index (χ0) is 17.9. The molecule has 3 nitrogen and oxygen atoms in total. The van der Waals surface area contributed by atoms with Gasteiger partial charge in [0.25, 0.3) is 0 Å². The Morgan fingerprint density at radius 2 is 1.96 bits per heavy atom. The highest BCUT2D eigenvalue weighted by atomic mass is 35.5. The first-order valence-corrected chi connectivity index (χ1v) is 9.53. The molecule has 0 aromatic heterocycles. The smallest absolute Gasteiger partial charge is 0.223 e. The number of fused-ring (bicyclic) bond motifs is 1. The Morgan fingerprint density at radius 3 is 2.78 bits per heavy atom. The highest BCUT2D eigenvalue weighted by Gasteiger charge is 2.30. The molecule has 2 aromatic rings. The van der Waals surface area contributed by atoms with E-state index in [-0.39, 0.29) is 30.2 Å². The minimum Gasteiger partial charge on any atom is -0.333 e. The molecule has 144 valence electrons. The molecule has 1 fully saturated rings. The number of hydrogen-bond donors (Lipinski definition) is 1. The van der Waals surface area contributed by atoms with Crippen LogP contribution in [0.1, 0.15) is 35.6 Å². The maximum Gasteiger partial charge on any atom is 0.223 e. The van der Waals surface area contributed by atoms with Crippen molar-refractivity contribution in [2.75, 3.05) is 19.6 Å². The number of nitrogens with zero attached hydrogens (tertiary/aromatic N) is 1. The number of amides is 1. The van der Waals surface area contributed by atoms with Gasteiger partial charge < -0.3 is 10.2 Å². The van der Waals surface area contributed by atoms with E-state index in [9.17, 15) is 9.18 Å². The number of carbonyl (C=O) groups is 1. The molecule has 1 aliphatic carbocycles. The van der Waals surface area contributed by atoms with Crippen LogP contribution in [0.2, 0.25) is 0 Å². The number of benzene rings is 2. The van der Waals surface area contributed by atoms with E-state index < -0.39 is 0 Å². The minimum absolute atomic E-state index is 0. The lowest BCUT2D eigenvalue weighted by Gasteiger charge is -2.38. The second kappa shape index (κ2) is 8.85. The van der Waals surface area contributed by atoms with E-state index in [2.05, 4.69) is 29.6 Å². The lowest BCUT2D eigenvalue weighted by molar-refractivity contribution is -0.135. The maximum absolute atomic E-state index is 13.6. The van der Waals surface area contributed by atoms with E-state index in [1.807, 2.05) is 11.0 Å². The zero-order valence-electron chi connectivity index (χ0n) is 15.4. The van der Waals surface area contributed by atoms with Crippen molar-refractivity contribution in [3.8, 4) is 0 Å². The summed E-state index contributed by atoms with van der Waals surface area (Å²) in [6, 6.07) is 15.1. The molecule has 2 aliphatic rings. The van der Waals surface area contributed by atoms with Crippen molar-refractivity contribution in [1.29, 1.82) is 0 Å². The van der Waals surface area contributed by atoms with Gasteiger partial charge >= 0.3 is 0 Å². The summed E-state index contributed by atoms with van der Waals surface area (Å²) in [6.07, 6.45) is 3.70. The SMILES string of the molecule is Cl.O=C(CC1CCc2ccccc2C1)N1CCNCC1c1cccc(F)c1. The van der Waals surface area contributed by atoms with Crippen LogP contribution >= 0.6 is 12.4 Å². The predicted molar refractivity (Wildman–Crippen MR) is 108 cm³/mol. The van der Waals surface area contributed by atoms with Crippen molar-refractivity contribution in [2.45, 2.75) is 31.7 Å². The fourth-order valence-corrected chi connectivity index (χ4v) is 4.33. The average molecular weight is 389 g/mol. The molecule has 0 saturated carbocycles. The fraction of sp³-hybridized carbons (Fsp3) is 0.409. The quantitative estimate of drug-likeness (QED) is 0.864. The molecule has 1 heterocycles. The molecule has 2 unspecified atom stereocenters. The maximum atomic E-state index is 13.6. The first-order valence-electron chi connectivity index (χ1n) is 9.53. The lowest BCUT2D eigenvalue weighted by Crippen LogP contribution is -2.49. The van der Waals surface area contributed by atoms with Gasteiger partial charge in [0.2, 0.25) is 5.91 Å². The topological polar surface area (TPSA) is 32.3 Å². The zero-order valence-corrected chi connectivity index (χ0v) is 16.2. The first-order chi connectivity index (χ1) is 12.7. The van der Waals surface area contributed by atoms with Crippen molar-refractivity contribution < 1.29 is 9.18 Å². The molecular weight excluding hydrogens is 363 g/mol. The van der Waals surface area contributed by atoms with Crippen LogP contribution < -0.4 is 5.32 Å². The van der Waals surface area contributed by atoms with Gasteiger partial charge in [-0.3, -0.25) is 4.79 Å². The van der Waals surface area contributed by atoms with E-state index in [4.69, 9.17) is 0 Å². The van der Waals surface area contributed by atoms with Gasteiger partial charge in [0.15, 0.2) is 0 Å². The average Bonchev–Trinajstić information content (AvgIpc) is 2.68. The van der Waals surface area contributed by atoms with Crippen LogP contribution in [0.25, 0.3) is 0 Å². The summed E-state index contributed by atoms with van der Waals surface area (Å²) in [7, 11) is 0. The molecular formula is C22H26ClFN2O. The summed E-state index contributed by atoms with van der Waals surface area (Å²) in [6.45, 7) is 2.16. The van der Waals surface area contributed by atoms with Crippen molar-refractivity contribution in [3.05, 3.63) is 71.0 Å². The molecule has 2 atom stereocenters. The summed E-state index contributed by atoms with van der Waals surface area (Å²) < 4.78 is 13.6. The van der Waals surface area contributed by atoms with Crippen molar-refractivity contribution in [2.24, 2.45) is 5.92 Å². The van der Waals surface area contributed by atoms with Crippen molar-refractivity contribution in [1.82, 2.24) is 10.2 Å². The lowest BCUT2D eigenvalue weighted by atomic mass is 9.82. The van der Waals surface area contributed by atoms with E-state index in [0.29, 0.717) is 25.4 Å². The molecule has 27 heavy (non-hydrogen) atoms. The molecule has 2 aromatic carbocycles. The number of halogens is 2. The monoisotopic (exact) mass is 388 g/mol. The number of rotatable bonds is 3. The van der Waals surface area contributed by atoms with E-state index in [1.54, 1.807) is 12.1 Å². The summed E-state index contributed by atoms with van der Waals surface area (Å²) in [5.41, 5.74) is 3.69. The van der Waals surface area contributed by atoms with E-state index in [1.165, 1.54) is 17.2 Å². The molecule has 1 amide bonds. The summed E-state index contributed by atoms with van der Waals surface area (Å²) >= 11 is 0. The van der Waals surface area contributed by atoms with Gasteiger partial charge in [-0.25, -0.2) is 4.39 Å². The van der Waals surface area contributed by atoms with Crippen LogP contribution in [0.4, 0.5) is 4.39 Å². The third-order valence-corrected chi connectivity index (χ3v) is 5.71. The third-order valence-electron chi connectivity index (χ3n) is 5.71. The molecule has 1 saturated heterocycles. The van der Waals surface area contributed by atoms with Gasteiger partial charge in [0, 0.05) is 26.1 Å². The Hall–Kier alpha value is -1.91. The summed E-state index contributed by atoms with van der Waals surface area (Å²) in [5, 5.41) is 3.34. The number of piperazine rings is 1. The Morgan fingerprint density at radius 1 is 1.15 bits per heavy atom. The Balaban J connectivity index is 0.00000210. The van der Waals surface area contributed by atoms with Crippen molar-refractivity contribution in [3.63, 3.8) is 0 Å². The molecule has 4 rings (SSSR count). The summed E-state index contributed by atoms with van der Waals surface area (Å²) in [5.74, 6) is 0.356. The number of carbonyl (C=O) groups excluding carboxylic acids is 1. The second-order valence-electron chi connectivity index (χ2n) is 7.44. The first kappa shape index (κ1) is 19.8. The predicted octanol–water partition coefficient (Wildman–Crippen LogP) is 3.92. The minimum atomic E-state index is -0.246. The van der Waals surface area contributed by atoms with Gasteiger partial charge in [-0.05, 0) is 54.0 Å². The standard InChI is InChI=1S/C22H25FN2O.ClH/c23-20-7-3-6-19(14-20)21-15-24-10-11-25(21)22(26)13-16-8-9-17-4-1-2-5-18(17)12-16;/h1-7,14,16,21,24H,8-13,15H2;1H. The Kier molecular flexibility index (Phi) is 6.51. The molecule has 5 heteroatoms. The molecule has 1 aliphatic heterocycles. The second-order valence-corrected chi connectivity index (χ2v) is 7.44.